The number of fused-ring (bicyclic) bond motifs is 2. The van der Waals surface area contributed by atoms with Crippen LogP contribution in [-0.4, -0.2) is 21.3 Å². The Balaban J connectivity index is 1.82. The predicted molar refractivity (Wildman–Crippen MR) is 78.3 cm³/mol. The Morgan fingerprint density at radius 2 is 2.05 bits per heavy atom. The second-order valence-electron chi connectivity index (χ2n) is 4.91. The summed E-state index contributed by atoms with van der Waals surface area (Å²) < 4.78 is 11.7. The molecule has 7 heteroatoms. The molecule has 2 aromatic heterocycles. The fraction of sp³-hybridized carbons (Fsp3) is 0.133. The van der Waals surface area contributed by atoms with Crippen molar-refractivity contribution >= 4 is 11.0 Å². The van der Waals surface area contributed by atoms with Crippen molar-refractivity contribution in [2.45, 2.75) is 6.54 Å². The van der Waals surface area contributed by atoms with Crippen molar-refractivity contribution in [3.8, 4) is 11.5 Å². The molecule has 0 atom stereocenters. The average Bonchev–Trinajstić information content (AvgIpc) is 2.99. The van der Waals surface area contributed by atoms with Gasteiger partial charge in [0, 0.05) is 6.20 Å². The molecule has 1 aliphatic heterocycles. The molecular weight excluding hydrogens is 286 g/mol. The quantitative estimate of drug-likeness (QED) is 0.758. The number of hydrogen-bond acceptors (Lipinski definition) is 5. The SMILES string of the molecule is O=c1[nH]c2ncccc2c(=O)n1Cc1ccc2c(c1)OCO2. The normalized spacial score (nSPS) is 12.7. The molecule has 1 N–H and O–H groups in total. The Bertz CT molecular complexity index is 990. The van der Waals surface area contributed by atoms with E-state index in [4.69, 9.17) is 9.47 Å². The van der Waals surface area contributed by atoms with Gasteiger partial charge in [0.05, 0.1) is 11.9 Å². The molecule has 22 heavy (non-hydrogen) atoms. The Morgan fingerprint density at radius 3 is 2.95 bits per heavy atom. The number of benzene rings is 1. The molecule has 1 aliphatic rings. The standard InChI is InChI=1S/C15H11N3O4/c19-14-10-2-1-5-16-13(10)17-15(20)18(14)7-9-3-4-11-12(6-9)22-8-21-11/h1-6H,7-8H2,(H,16,17,20). The minimum Gasteiger partial charge on any atom is -0.454 e. The fourth-order valence-electron chi connectivity index (χ4n) is 2.45. The van der Waals surface area contributed by atoms with Crippen LogP contribution in [0.15, 0.2) is 46.1 Å². The van der Waals surface area contributed by atoms with Crippen LogP contribution in [0.3, 0.4) is 0 Å². The monoisotopic (exact) mass is 297 g/mol. The van der Waals surface area contributed by atoms with Gasteiger partial charge in [-0.1, -0.05) is 6.07 Å². The van der Waals surface area contributed by atoms with Gasteiger partial charge in [-0.25, -0.2) is 9.78 Å². The van der Waals surface area contributed by atoms with Crippen LogP contribution in [0.25, 0.3) is 11.0 Å². The highest BCUT2D eigenvalue weighted by molar-refractivity contribution is 5.72. The molecule has 0 radical (unpaired) electrons. The van der Waals surface area contributed by atoms with Gasteiger partial charge in [0.15, 0.2) is 11.5 Å². The first-order valence-electron chi connectivity index (χ1n) is 6.69. The number of nitrogens with zero attached hydrogens (tertiary/aromatic N) is 2. The van der Waals surface area contributed by atoms with Crippen LogP contribution in [0, 0.1) is 0 Å². The molecular formula is C15H11N3O4. The van der Waals surface area contributed by atoms with Crippen LogP contribution in [0.2, 0.25) is 0 Å². The van der Waals surface area contributed by atoms with Crippen LogP contribution in [-0.2, 0) is 6.54 Å². The minimum absolute atomic E-state index is 0.148. The first-order valence-corrected chi connectivity index (χ1v) is 6.69. The van der Waals surface area contributed by atoms with Crippen LogP contribution in [0.5, 0.6) is 11.5 Å². The van der Waals surface area contributed by atoms with Crippen molar-refractivity contribution in [2.75, 3.05) is 6.79 Å². The van der Waals surface area contributed by atoms with Gasteiger partial charge in [-0.05, 0) is 29.8 Å². The van der Waals surface area contributed by atoms with E-state index in [0.717, 1.165) is 10.1 Å². The van der Waals surface area contributed by atoms with E-state index in [0.29, 0.717) is 22.5 Å². The maximum Gasteiger partial charge on any atom is 0.330 e. The van der Waals surface area contributed by atoms with Crippen molar-refractivity contribution in [2.24, 2.45) is 0 Å². The van der Waals surface area contributed by atoms with E-state index in [2.05, 4.69) is 9.97 Å². The van der Waals surface area contributed by atoms with Crippen molar-refractivity contribution < 1.29 is 9.47 Å². The molecule has 0 saturated heterocycles. The number of pyridine rings is 1. The van der Waals surface area contributed by atoms with Gasteiger partial charge in [-0.15, -0.1) is 0 Å². The summed E-state index contributed by atoms with van der Waals surface area (Å²) in [7, 11) is 0. The van der Waals surface area contributed by atoms with Crippen molar-refractivity contribution in [3.05, 3.63) is 62.9 Å². The zero-order valence-corrected chi connectivity index (χ0v) is 11.4. The van der Waals surface area contributed by atoms with Crippen molar-refractivity contribution in [3.63, 3.8) is 0 Å². The molecule has 4 rings (SSSR count). The van der Waals surface area contributed by atoms with E-state index in [-0.39, 0.29) is 18.9 Å². The zero-order chi connectivity index (χ0) is 15.1. The highest BCUT2D eigenvalue weighted by Gasteiger charge is 2.14. The van der Waals surface area contributed by atoms with E-state index in [9.17, 15) is 9.59 Å². The zero-order valence-electron chi connectivity index (χ0n) is 11.4. The van der Waals surface area contributed by atoms with Gasteiger partial charge in [0.25, 0.3) is 5.56 Å². The largest absolute Gasteiger partial charge is 0.454 e. The summed E-state index contributed by atoms with van der Waals surface area (Å²) in [6, 6.07) is 8.62. The molecule has 110 valence electrons. The van der Waals surface area contributed by atoms with Gasteiger partial charge in [0.2, 0.25) is 6.79 Å². The van der Waals surface area contributed by atoms with Crippen LogP contribution in [0.1, 0.15) is 5.56 Å². The number of nitrogens with one attached hydrogen (secondary N) is 1. The van der Waals surface area contributed by atoms with E-state index >= 15 is 0 Å². The lowest BCUT2D eigenvalue weighted by Gasteiger charge is -2.07. The Labute approximate surface area is 123 Å². The molecule has 0 fully saturated rings. The van der Waals surface area contributed by atoms with E-state index < -0.39 is 5.69 Å². The van der Waals surface area contributed by atoms with Gasteiger partial charge >= 0.3 is 5.69 Å². The van der Waals surface area contributed by atoms with Gasteiger partial charge in [-0.2, -0.15) is 0 Å². The lowest BCUT2D eigenvalue weighted by atomic mass is 10.2. The Kier molecular flexibility index (Phi) is 2.72. The molecule has 0 saturated carbocycles. The maximum atomic E-state index is 12.4. The van der Waals surface area contributed by atoms with E-state index in [1.165, 1.54) is 6.20 Å². The molecule has 7 nitrogen and oxygen atoms in total. The van der Waals surface area contributed by atoms with Crippen LogP contribution < -0.4 is 20.7 Å². The summed E-state index contributed by atoms with van der Waals surface area (Å²) in [5, 5.41) is 0.378. The van der Waals surface area contributed by atoms with Gasteiger partial charge in [0.1, 0.15) is 5.65 Å². The number of aromatic amines is 1. The predicted octanol–water partition coefficient (Wildman–Crippen LogP) is 0.862. The third-order valence-corrected chi connectivity index (χ3v) is 3.53. The maximum absolute atomic E-state index is 12.4. The molecule has 0 bridgehead atoms. The summed E-state index contributed by atoms with van der Waals surface area (Å²) in [5.41, 5.74) is 0.206. The second-order valence-corrected chi connectivity index (χ2v) is 4.91. The first kappa shape index (κ1) is 12.6. The molecule has 0 aliphatic carbocycles. The highest BCUT2D eigenvalue weighted by atomic mass is 16.7. The van der Waals surface area contributed by atoms with Gasteiger partial charge < -0.3 is 9.47 Å². The molecule has 1 aromatic carbocycles. The molecule has 0 amide bonds. The first-order chi connectivity index (χ1) is 10.7. The Morgan fingerprint density at radius 1 is 1.18 bits per heavy atom. The average molecular weight is 297 g/mol. The Hall–Kier alpha value is -3.09. The summed E-state index contributed by atoms with van der Waals surface area (Å²) in [5.74, 6) is 1.28. The van der Waals surface area contributed by atoms with E-state index in [1.807, 2.05) is 0 Å². The topological polar surface area (TPSA) is 86.2 Å². The van der Waals surface area contributed by atoms with Gasteiger partial charge in [-0.3, -0.25) is 14.3 Å². The highest BCUT2D eigenvalue weighted by Crippen LogP contribution is 2.32. The number of ether oxygens (including phenoxy) is 2. The molecule has 3 aromatic rings. The smallest absolute Gasteiger partial charge is 0.330 e. The lowest BCUT2D eigenvalue weighted by Crippen LogP contribution is -2.35. The van der Waals surface area contributed by atoms with Crippen molar-refractivity contribution in [1.29, 1.82) is 0 Å². The second kappa shape index (κ2) is 4.73. The number of aromatic nitrogens is 3. The summed E-state index contributed by atoms with van der Waals surface area (Å²) in [4.78, 5) is 31.1. The summed E-state index contributed by atoms with van der Waals surface area (Å²) in [6.45, 7) is 0.330. The third-order valence-electron chi connectivity index (χ3n) is 3.53. The third kappa shape index (κ3) is 1.95. The number of hydrogen-bond donors (Lipinski definition) is 1. The molecule has 3 heterocycles. The molecule has 0 unspecified atom stereocenters. The summed E-state index contributed by atoms with van der Waals surface area (Å²) >= 11 is 0. The van der Waals surface area contributed by atoms with E-state index in [1.54, 1.807) is 30.3 Å². The van der Waals surface area contributed by atoms with Crippen LogP contribution >= 0.6 is 0 Å². The van der Waals surface area contributed by atoms with Crippen molar-refractivity contribution in [1.82, 2.24) is 14.5 Å². The summed E-state index contributed by atoms with van der Waals surface area (Å²) in [6.07, 6.45) is 1.53. The lowest BCUT2D eigenvalue weighted by molar-refractivity contribution is 0.174. The fourth-order valence-corrected chi connectivity index (χ4v) is 2.45. The van der Waals surface area contributed by atoms with Crippen LogP contribution in [0.4, 0.5) is 0 Å². The minimum atomic E-state index is -0.492. The molecule has 0 spiro atoms. The number of H-pyrrole nitrogens is 1. The number of rotatable bonds is 2.